The van der Waals surface area contributed by atoms with Crippen molar-refractivity contribution in [3.8, 4) is 0 Å². The molecule has 6 heavy (non-hydrogen) atoms. The summed E-state index contributed by atoms with van der Waals surface area (Å²) in [6.07, 6.45) is 0. The SMILES string of the molecule is C[Si](C)(O)O.[H-].[Na+]. The third-order valence-corrected chi connectivity index (χ3v) is 0. The smallest absolute Gasteiger partial charge is 1.00 e. The molecule has 34 valence electrons. The maximum Gasteiger partial charge on any atom is 1.00 e. The molecule has 0 radical (unpaired) electrons. The van der Waals surface area contributed by atoms with Crippen LogP contribution in [0.2, 0.25) is 13.1 Å². The summed E-state index contributed by atoms with van der Waals surface area (Å²) >= 11 is 0. The summed E-state index contributed by atoms with van der Waals surface area (Å²) in [6, 6.07) is 0. The van der Waals surface area contributed by atoms with E-state index < -0.39 is 8.56 Å². The Bertz CT molecular complexity index is 31.2. The van der Waals surface area contributed by atoms with E-state index in [9.17, 15) is 0 Å². The monoisotopic (exact) mass is 116 g/mol. The Morgan fingerprint density at radius 1 is 1.33 bits per heavy atom. The zero-order valence-corrected chi connectivity index (χ0v) is 7.39. The van der Waals surface area contributed by atoms with Crippen molar-refractivity contribution in [1.82, 2.24) is 0 Å². The maximum absolute atomic E-state index is 8.22. The van der Waals surface area contributed by atoms with Crippen LogP contribution in [-0.2, 0) is 0 Å². The van der Waals surface area contributed by atoms with E-state index >= 15 is 0 Å². The fourth-order valence-electron chi connectivity index (χ4n) is 0. The molecule has 4 heteroatoms. The molecule has 0 aromatic heterocycles. The van der Waals surface area contributed by atoms with Crippen LogP contribution in [0.5, 0.6) is 0 Å². The van der Waals surface area contributed by atoms with E-state index in [-0.39, 0.29) is 31.0 Å². The quantitative estimate of drug-likeness (QED) is 0.327. The molecule has 0 spiro atoms. The molecule has 0 amide bonds. The minimum Gasteiger partial charge on any atom is -1.00 e. The molecule has 0 aliphatic heterocycles. The van der Waals surface area contributed by atoms with E-state index in [0.717, 1.165) is 0 Å². The van der Waals surface area contributed by atoms with Gasteiger partial charge in [-0.3, -0.25) is 0 Å². The molecule has 0 bridgehead atoms. The van der Waals surface area contributed by atoms with Crippen molar-refractivity contribution in [2.24, 2.45) is 0 Å². The molecular formula is C2H9NaO2Si. The Kier molecular flexibility index (Phi) is 5.40. The third kappa shape index (κ3) is 68.0. The zero-order valence-electron chi connectivity index (χ0n) is 5.39. The summed E-state index contributed by atoms with van der Waals surface area (Å²) in [4.78, 5) is 16.4. The topological polar surface area (TPSA) is 40.5 Å². The third-order valence-electron chi connectivity index (χ3n) is 0. The second kappa shape index (κ2) is 3.18. The molecule has 0 saturated heterocycles. The Morgan fingerprint density at radius 3 is 1.33 bits per heavy atom. The van der Waals surface area contributed by atoms with Gasteiger partial charge in [-0.15, -0.1) is 0 Å². The Balaban J connectivity index is -0.0000000800. The maximum atomic E-state index is 8.22. The Hall–Kier alpha value is 1.14. The van der Waals surface area contributed by atoms with Gasteiger partial charge in [0.1, 0.15) is 0 Å². The van der Waals surface area contributed by atoms with E-state index in [4.69, 9.17) is 9.59 Å². The van der Waals surface area contributed by atoms with Gasteiger partial charge < -0.3 is 11.0 Å². The second-order valence-corrected chi connectivity index (χ2v) is 4.48. The number of hydrogen-bond donors (Lipinski definition) is 2. The Morgan fingerprint density at radius 2 is 1.33 bits per heavy atom. The van der Waals surface area contributed by atoms with Crippen molar-refractivity contribution >= 4 is 8.56 Å². The standard InChI is InChI=1S/C2H8O2Si.Na.H/c1-5(2,3)4;;/h3-4H,1-2H3;;/q;+1;-1. The van der Waals surface area contributed by atoms with Crippen LogP contribution >= 0.6 is 0 Å². The molecule has 0 aliphatic rings. The van der Waals surface area contributed by atoms with Gasteiger partial charge in [-0.2, -0.15) is 0 Å². The van der Waals surface area contributed by atoms with Gasteiger partial charge >= 0.3 is 38.1 Å². The summed E-state index contributed by atoms with van der Waals surface area (Å²) < 4.78 is 0. The van der Waals surface area contributed by atoms with E-state index in [1.165, 1.54) is 13.1 Å². The first-order chi connectivity index (χ1) is 2.00. The number of hydrogen-bond acceptors (Lipinski definition) is 2. The minimum absolute atomic E-state index is 0. The van der Waals surface area contributed by atoms with Crippen molar-refractivity contribution < 1.29 is 40.6 Å². The molecule has 0 saturated carbocycles. The molecular weight excluding hydrogens is 107 g/mol. The first-order valence-corrected chi connectivity index (χ1v) is 4.34. The summed E-state index contributed by atoms with van der Waals surface area (Å²) in [7, 11) is -2.61. The molecule has 0 aromatic rings. The van der Waals surface area contributed by atoms with Crippen molar-refractivity contribution in [3.05, 3.63) is 0 Å². The molecule has 0 heterocycles. The van der Waals surface area contributed by atoms with E-state index in [0.29, 0.717) is 0 Å². The number of rotatable bonds is 0. The van der Waals surface area contributed by atoms with Gasteiger partial charge in [0, 0.05) is 0 Å². The van der Waals surface area contributed by atoms with Crippen molar-refractivity contribution in [3.63, 3.8) is 0 Å². The van der Waals surface area contributed by atoms with Crippen LogP contribution in [0, 0.1) is 0 Å². The molecule has 0 aliphatic carbocycles. The molecule has 2 nitrogen and oxygen atoms in total. The van der Waals surface area contributed by atoms with Gasteiger partial charge in [0.05, 0.1) is 0 Å². The van der Waals surface area contributed by atoms with E-state index in [1.54, 1.807) is 0 Å². The van der Waals surface area contributed by atoms with Crippen LogP contribution in [0.15, 0.2) is 0 Å². The molecule has 0 aromatic carbocycles. The van der Waals surface area contributed by atoms with E-state index in [2.05, 4.69) is 0 Å². The fourth-order valence-corrected chi connectivity index (χ4v) is 0. The molecule has 0 atom stereocenters. The van der Waals surface area contributed by atoms with E-state index in [1.807, 2.05) is 0 Å². The predicted molar refractivity (Wildman–Crippen MR) is 23.0 cm³/mol. The molecule has 2 N–H and O–H groups in total. The fraction of sp³-hybridized carbons (Fsp3) is 1.00. The van der Waals surface area contributed by atoms with Crippen LogP contribution in [0.25, 0.3) is 0 Å². The first kappa shape index (κ1) is 10.2. The minimum atomic E-state index is -2.61. The van der Waals surface area contributed by atoms with Gasteiger partial charge in [0.2, 0.25) is 0 Å². The van der Waals surface area contributed by atoms with Gasteiger partial charge in [0.25, 0.3) is 0 Å². The summed E-state index contributed by atoms with van der Waals surface area (Å²) in [5.41, 5.74) is 0. The summed E-state index contributed by atoms with van der Waals surface area (Å²) in [6.45, 7) is 2.88. The first-order valence-electron chi connectivity index (χ1n) is 1.45. The normalized spacial score (nSPS) is 10.0. The van der Waals surface area contributed by atoms with Gasteiger partial charge in [-0.05, 0) is 13.1 Å². The van der Waals surface area contributed by atoms with Crippen LogP contribution in [0.3, 0.4) is 0 Å². The van der Waals surface area contributed by atoms with Gasteiger partial charge in [0.15, 0.2) is 0 Å². The van der Waals surface area contributed by atoms with Gasteiger partial charge in [-0.1, -0.05) is 0 Å². The molecule has 0 fully saturated rings. The largest absolute Gasteiger partial charge is 1.00 e. The zero-order chi connectivity index (χ0) is 4.50. The second-order valence-electron chi connectivity index (χ2n) is 1.49. The summed E-state index contributed by atoms with van der Waals surface area (Å²) in [5, 5.41) is 0. The van der Waals surface area contributed by atoms with Crippen molar-refractivity contribution in [1.29, 1.82) is 0 Å². The van der Waals surface area contributed by atoms with Crippen LogP contribution in [0.4, 0.5) is 0 Å². The predicted octanol–water partition coefficient (Wildman–Crippen LogP) is -3.21. The van der Waals surface area contributed by atoms with Crippen molar-refractivity contribution in [2.45, 2.75) is 13.1 Å². The average Bonchev–Trinajstić information content (AvgIpc) is 0.722. The van der Waals surface area contributed by atoms with Gasteiger partial charge in [-0.25, -0.2) is 0 Å². The summed E-state index contributed by atoms with van der Waals surface area (Å²) in [5.74, 6) is 0. The van der Waals surface area contributed by atoms with Crippen LogP contribution < -0.4 is 29.6 Å². The van der Waals surface area contributed by atoms with Crippen molar-refractivity contribution in [2.75, 3.05) is 0 Å². The average molecular weight is 116 g/mol. The van der Waals surface area contributed by atoms with Crippen LogP contribution in [-0.4, -0.2) is 18.2 Å². The van der Waals surface area contributed by atoms with Crippen LogP contribution in [0.1, 0.15) is 1.43 Å². The molecule has 0 rings (SSSR count). The molecule has 0 unspecified atom stereocenters. The Labute approximate surface area is 62.2 Å².